The van der Waals surface area contributed by atoms with Gasteiger partial charge in [0.1, 0.15) is 0 Å². The average molecular weight is 298 g/mol. The Bertz CT molecular complexity index is 572. The number of hydrogen-bond donors (Lipinski definition) is 2. The molecule has 0 radical (unpaired) electrons. The number of nitrogens with one attached hydrogen (secondary N) is 1. The zero-order chi connectivity index (χ0) is 14.8. The van der Waals surface area contributed by atoms with Crippen LogP contribution in [0.15, 0.2) is 23.1 Å². The summed E-state index contributed by atoms with van der Waals surface area (Å²) in [7, 11) is -1.46. The van der Waals surface area contributed by atoms with Gasteiger partial charge in [0, 0.05) is 13.1 Å². The van der Waals surface area contributed by atoms with Gasteiger partial charge in [0.25, 0.3) is 0 Å². The molecule has 0 aliphatic carbocycles. The van der Waals surface area contributed by atoms with E-state index >= 15 is 0 Å². The maximum Gasteiger partial charge on any atom is 0.240 e. The normalized spacial score (nSPS) is 20.4. The molecule has 1 saturated heterocycles. The fraction of sp³-hybridized carbons (Fsp3) is 0.571. The molecule has 0 saturated carbocycles. The van der Waals surface area contributed by atoms with Crippen molar-refractivity contribution in [2.45, 2.75) is 24.8 Å². The van der Waals surface area contributed by atoms with Crippen LogP contribution in [0.4, 0.5) is 0 Å². The van der Waals surface area contributed by atoms with Gasteiger partial charge in [-0.15, -0.1) is 0 Å². The molecule has 1 aromatic rings. The summed E-state index contributed by atoms with van der Waals surface area (Å²) in [6.07, 6.45) is 1.02. The Labute approximate surface area is 120 Å². The molecule has 0 aromatic heterocycles. The van der Waals surface area contributed by atoms with Crippen LogP contribution in [0.25, 0.3) is 0 Å². The highest BCUT2D eigenvalue weighted by Gasteiger charge is 2.23. The largest absolute Gasteiger partial charge is 0.392 e. The molecule has 2 rings (SSSR count). The fourth-order valence-corrected chi connectivity index (χ4v) is 4.02. The van der Waals surface area contributed by atoms with E-state index in [-0.39, 0.29) is 11.5 Å². The molecule has 0 amide bonds. The topological polar surface area (TPSA) is 69.6 Å². The Kier molecular flexibility index (Phi) is 4.80. The molecule has 2 N–H and O–H groups in total. The van der Waals surface area contributed by atoms with Crippen LogP contribution in [-0.2, 0) is 16.6 Å². The summed E-state index contributed by atoms with van der Waals surface area (Å²) in [6, 6.07) is 4.98. The quantitative estimate of drug-likeness (QED) is 0.840. The number of likely N-dealkylation sites (tertiary alicyclic amines) is 1. The third-order valence-corrected chi connectivity index (χ3v) is 5.48. The summed E-state index contributed by atoms with van der Waals surface area (Å²) in [5, 5.41) is 9.22. The third kappa shape index (κ3) is 3.38. The minimum Gasteiger partial charge on any atom is -0.392 e. The van der Waals surface area contributed by atoms with Crippen molar-refractivity contribution in [2.24, 2.45) is 5.92 Å². The predicted octanol–water partition coefficient (Wildman–Crippen LogP) is 0.717. The van der Waals surface area contributed by atoms with E-state index in [1.54, 1.807) is 25.1 Å². The Hall–Kier alpha value is -0.950. The molecule has 0 bridgehead atoms. The van der Waals surface area contributed by atoms with Crippen LogP contribution >= 0.6 is 0 Å². The van der Waals surface area contributed by atoms with Crippen LogP contribution in [-0.4, -0.2) is 45.1 Å². The van der Waals surface area contributed by atoms with Gasteiger partial charge in [0.05, 0.1) is 11.5 Å². The summed E-state index contributed by atoms with van der Waals surface area (Å²) >= 11 is 0. The van der Waals surface area contributed by atoms with Crippen molar-refractivity contribution in [1.82, 2.24) is 9.62 Å². The van der Waals surface area contributed by atoms with E-state index in [1.807, 2.05) is 7.05 Å². The molecule has 1 aromatic carbocycles. The smallest absolute Gasteiger partial charge is 0.240 e. The molecular formula is C14H22N2O3S. The van der Waals surface area contributed by atoms with Crippen molar-refractivity contribution in [3.63, 3.8) is 0 Å². The monoisotopic (exact) mass is 298 g/mol. The van der Waals surface area contributed by atoms with Gasteiger partial charge in [-0.25, -0.2) is 13.1 Å². The highest BCUT2D eigenvalue weighted by Crippen LogP contribution is 2.20. The van der Waals surface area contributed by atoms with E-state index < -0.39 is 10.0 Å². The number of aliphatic hydroxyl groups excluding tert-OH is 1. The van der Waals surface area contributed by atoms with Gasteiger partial charge < -0.3 is 10.0 Å². The van der Waals surface area contributed by atoms with Gasteiger partial charge in [-0.3, -0.25) is 0 Å². The maximum atomic E-state index is 12.4. The summed E-state index contributed by atoms with van der Waals surface area (Å²) in [4.78, 5) is 2.46. The molecule has 1 atom stereocenters. The van der Waals surface area contributed by atoms with Crippen LogP contribution in [0.5, 0.6) is 0 Å². The van der Waals surface area contributed by atoms with Gasteiger partial charge in [0.2, 0.25) is 10.0 Å². The van der Waals surface area contributed by atoms with Crippen LogP contribution in [0.3, 0.4) is 0 Å². The van der Waals surface area contributed by atoms with Gasteiger partial charge in [-0.1, -0.05) is 12.1 Å². The van der Waals surface area contributed by atoms with E-state index in [9.17, 15) is 13.5 Å². The lowest BCUT2D eigenvalue weighted by atomic mass is 10.1. The second-order valence-corrected chi connectivity index (χ2v) is 7.20. The molecule has 1 fully saturated rings. The van der Waals surface area contributed by atoms with Crippen LogP contribution in [0, 0.1) is 12.8 Å². The van der Waals surface area contributed by atoms with Crippen molar-refractivity contribution >= 4 is 10.0 Å². The first kappa shape index (κ1) is 15.4. The van der Waals surface area contributed by atoms with Crippen molar-refractivity contribution in [3.05, 3.63) is 29.3 Å². The Morgan fingerprint density at radius 1 is 1.45 bits per heavy atom. The van der Waals surface area contributed by atoms with Crippen molar-refractivity contribution in [3.8, 4) is 0 Å². The second kappa shape index (κ2) is 6.22. The summed E-state index contributed by atoms with van der Waals surface area (Å²) in [5.74, 6) is 0.371. The van der Waals surface area contributed by atoms with E-state index in [1.165, 1.54) is 0 Å². The maximum absolute atomic E-state index is 12.4. The average Bonchev–Trinajstić information content (AvgIpc) is 2.82. The molecule has 112 valence electrons. The molecule has 1 unspecified atom stereocenters. The minimum atomic E-state index is -3.51. The molecule has 5 nitrogen and oxygen atoms in total. The summed E-state index contributed by atoms with van der Waals surface area (Å²) in [6.45, 7) is 3.99. The van der Waals surface area contributed by atoms with Crippen molar-refractivity contribution in [2.75, 3.05) is 26.7 Å². The van der Waals surface area contributed by atoms with Crippen molar-refractivity contribution in [1.29, 1.82) is 0 Å². The minimum absolute atomic E-state index is 0.150. The van der Waals surface area contributed by atoms with Gasteiger partial charge >= 0.3 is 0 Å². The van der Waals surface area contributed by atoms with E-state index in [0.29, 0.717) is 23.6 Å². The molecule has 1 heterocycles. The summed E-state index contributed by atoms with van der Waals surface area (Å²) < 4.78 is 27.4. The molecule has 0 spiro atoms. The first-order valence-corrected chi connectivity index (χ1v) is 8.30. The third-order valence-electron chi connectivity index (χ3n) is 3.91. The number of benzene rings is 1. The molecule has 20 heavy (non-hydrogen) atoms. The zero-order valence-corrected chi connectivity index (χ0v) is 12.8. The van der Waals surface area contributed by atoms with Crippen LogP contribution < -0.4 is 4.72 Å². The highest BCUT2D eigenvalue weighted by molar-refractivity contribution is 7.89. The Morgan fingerprint density at radius 2 is 2.20 bits per heavy atom. The predicted molar refractivity (Wildman–Crippen MR) is 77.9 cm³/mol. The number of rotatable bonds is 5. The first-order valence-electron chi connectivity index (χ1n) is 6.81. The van der Waals surface area contributed by atoms with Gasteiger partial charge in [0.15, 0.2) is 0 Å². The molecule has 1 aliphatic rings. The lowest BCUT2D eigenvalue weighted by Crippen LogP contribution is -2.31. The highest BCUT2D eigenvalue weighted by atomic mass is 32.2. The number of sulfonamides is 1. The number of hydrogen-bond acceptors (Lipinski definition) is 4. The van der Waals surface area contributed by atoms with Gasteiger partial charge in [-0.2, -0.15) is 0 Å². The first-order chi connectivity index (χ1) is 9.44. The standard InChI is InChI=1S/C14H22N2O3S/c1-11-13(10-17)4-3-5-14(11)20(18,19)15-8-12-6-7-16(2)9-12/h3-5,12,15,17H,6-10H2,1-2H3. The fourth-order valence-electron chi connectivity index (χ4n) is 2.62. The zero-order valence-electron chi connectivity index (χ0n) is 12.0. The number of aliphatic hydroxyl groups is 1. The van der Waals surface area contributed by atoms with E-state index in [4.69, 9.17) is 0 Å². The SMILES string of the molecule is Cc1c(CO)cccc1S(=O)(=O)NCC1CCN(C)C1. The lowest BCUT2D eigenvalue weighted by Gasteiger charge is -2.14. The Balaban J connectivity index is 2.10. The molecule has 1 aliphatic heterocycles. The second-order valence-electron chi connectivity index (χ2n) is 5.47. The van der Waals surface area contributed by atoms with E-state index in [0.717, 1.165) is 19.5 Å². The molecule has 6 heteroatoms. The Morgan fingerprint density at radius 3 is 2.80 bits per heavy atom. The van der Waals surface area contributed by atoms with E-state index in [2.05, 4.69) is 9.62 Å². The number of nitrogens with zero attached hydrogens (tertiary/aromatic N) is 1. The van der Waals surface area contributed by atoms with Crippen LogP contribution in [0.2, 0.25) is 0 Å². The van der Waals surface area contributed by atoms with Crippen molar-refractivity contribution < 1.29 is 13.5 Å². The lowest BCUT2D eigenvalue weighted by molar-refractivity contribution is 0.280. The summed E-state index contributed by atoms with van der Waals surface area (Å²) in [5.41, 5.74) is 1.26. The molecular weight excluding hydrogens is 276 g/mol. The van der Waals surface area contributed by atoms with Gasteiger partial charge in [-0.05, 0) is 50.0 Å². The van der Waals surface area contributed by atoms with Crippen LogP contribution in [0.1, 0.15) is 17.5 Å².